The molecule has 0 rings (SSSR count). The van der Waals surface area contributed by atoms with Crippen molar-refractivity contribution in [2.24, 2.45) is 0 Å². The summed E-state index contributed by atoms with van der Waals surface area (Å²) in [6.45, 7) is 6.35. The van der Waals surface area contributed by atoms with Gasteiger partial charge in [0.05, 0.1) is 6.42 Å². The van der Waals surface area contributed by atoms with Crippen molar-refractivity contribution in [1.29, 1.82) is 0 Å². The van der Waals surface area contributed by atoms with Gasteiger partial charge in [0.1, 0.15) is 13.2 Å². The zero-order valence-corrected chi connectivity index (χ0v) is 34.5. The van der Waals surface area contributed by atoms with Gasteiger partial charge in [-0.15, -0.1) is 0 Å². The molecule has 6 heteroatoms. The molecule has 0 aliphatic heterocycles. The number of unbranched alkanes of at least 4 members (excludes halogenated alkanes) is 18. The molecule has 0 bridgehead atoms. The molecule has 0 spiro atoms. The minimum absolute atomic E-state index is 0.113. The van der Waals surface area contributed by atoms with Crippen LogP contribution >= 0.6 is 0 Å². The first-order valence-electron chi connectivity index (χ1n) is 21.8. The molecule has 1 unspecified atom stereocenters. The lowest BCUT2D eigenvalue weighted by Gasteiger charge is -2.18. The summed E-state index contributed by atoms with van der Waals surface area (Å²) >= 11 is 0. The van der Waals surface area contributed by atoms with Crippen LogP contribution in [0.1, 0.15) is 201 Å². The van der Waals surface area contributed by atoms with Crippen molar-refractivity contribution in [3.05, 3.63) is 60.8 Å². The van der Waals surface area contributed by atoms with E-state index in [-0.39, 0.29) is 31.6 Å². The van der Waals surface area contributed by atoms with Gasteiger partial charge in [-0.25, -0.2) is 0 Å². The minimum Gasteiger partial charge on any atom is -0.462 e. The van der Waals surface area contributed by atoms with Gasteiger partial charge < -0.3 is 14.2 Å². The van der Waals surface area contributed by atoms with Crippen molar-refractivity contribution in [3.63, 3.8) is 0 Å². The predicted octanol–water partition coefficient (Wildman–Crippen LogP) is 13.7. The van der Waals surface area contributed by atoms with Crippen LogP contribution in [0.2, 0.25) is 0 Å². The van der Waals surface area contributed by atoms with E-state index >= 15 is 0 Å². The van der Waals surface area contributed by atoms with Gasteiger partial charge in [-0.05, 0) is 83.5 Å². The predicted molar refractivity (Wildman–Crippen MR) is 224 cm³/mol. The van der Waals surface area contributed by atoms with E-state index in [1.807, 2.05) is 6.08 Å². The van der Waals surface area contributed by atoms with Crippen molar-refractivity contribution < 1.29 is 28.6 Å². The van der Waals surface area contributed by atoms with Crippen molar-refractivity contribution in [2.75, 3.05) is 13.2 Å². The Kier molecular flexibility index (Phi) is 39.6. The molecule has 0 saturated heterocycles. The largest absolute Gasteiger partial charge is 0.462 e. The van der Waals surface area contributed by atoms with Crippen LogP contribution in [0.4, 0.5) is 0 Å². The third-order valence-electron chi connectivity index (χ3n) is 9.01. The van der Waals surface area contributed by atoms with Gasteiger partial charge in [0.2, 0.25) is 0 Å². The zero-order valence-electron chi connectivity index (χ0n) is 34.5. The molecular weight excluding hydrogens is 661 g/mol. The molecule has 1 atom stereocenters. The number of ether oxygens (including phenoxy) is 3. The summed E-state index contributed by atoms with van der Waals surface area (Å²) in [6, 6.07) is 0. The Morgan fingerprint density at radius 1 is 0.415 bits per heavy atom. The molecule has 0 aromatic heterocycles. The fraction of sp³-hybridized carbons (Fsp3) is 0.723. The molecule has 0 heterocycles. The van der Waals surface area contributed by atoms with Crippen LogP contribution in [0.15, 0.2) is 60.8 Å². The van der Waals surface area contributed by atoms with E-state index in [1.54, 1.807) is 6.08 Å². The summed E-state index contributed by atoms with van der Waals surface area (Å²) in [4.78, 5) is 37.5. The normalized spacial score (nSPS) is 12.6. The fourth-order valence-corrected chi connectivity index (χ4v) is 5.73. The minimum atomic E-state index is -0.816. The Labute approximate surface area is 326 Å². The summed E-state index contributed by atoms with van der Waals surface area (Å²) in [5.41, 5.74) is 0. The van der Waals surface area contributed by atoms with E-state index in [0.29, 0.717) is 12.8 Å². The summed E-state index contributed by atoms with van der Waals surface area (Å²) in [5.74, 6) is -1.07. The van der Waals surface area contributed by atoms with E-state index in [1.165, 1.54) is 77.0 Å². The van der Waals surface area contributed by atoms with Gasteiger partial charge in [-0.1, -0.05) is 159 Å². The van der Waals surface area contributed by atoms with Crippen molar-refractivity contribution in [3.8, 4) is 0 Å². The molecule has 0 aliphatic carbocycles. The molecule has 0 saturated carbocycles. The third-order valence-corrected chi connectivity index (χ3v) is 9.01. The molecule has 0 aromatic carbocycles. The van der Waals surface area contributed by atoms with Gasteiger partial charge in [0.25, 0.3) is 0 Å². The van der Waals surface area contributed by atoms with Crippen LogP contribution in [0.3, 0.4) is 0 Å². The van der Waals surface area contributed by atoms with Crippen LogP contribution in [-0.2, 0) is 28.6 Å². The fourth-order valence-electron chi connectivity index (χ4n) is 5.73. The summed E-state index contributed by atoms with van der Waals surface area (Å²) in [5, 5.41) is 0. The first-order chi connectivity index (χ1) is 26.0. The Bertz CT molecular complexity index is 991. The second-order valence-corrected chi connectivity index (χ2v) is 14.2. The quantitative estimate of drug-likeness (QED) is 0.0271. The number of hydrogen-bond donors (Lipinski definition) is 0. The molecule has 6 nitrogen and oxygen atoms in total. The number of hydrogen-bond acceptors (Lipinski definition) is 6. The number of esters is 3. The van der Waals surface area contributed by atoms with Crippen molar-refractivity contribution >= 4 is 17.9 Å². The second kappa shape index (κ2) is 41.9. The smallest absolute Gasteiger partial charge is 0.309 e. The molecule has 0 fully saturated rings. The Hall–Kier alpha value is -2.89. The molecule has 0 N–H and O–H groups in total. The number of allylic oxidation sites excluding steroid dienone is 9. The lowest BCUT2D eigenvalue weighted by molar-refractivity contribution is -0.166. The highest BCUT2D eigenvalue weighted by Crippen LogP contribution is 2.12. The SMILES string of the molecule is CC/C=C\C/C=C\C/C=C\CC(=O)OCC(COC(=O)CCCCC/C=C\CCCCCCCCC)OC(=O)CCCCCCC/C=C\CCCCC. The van der Waals surface area contributed by atoms with E-state index in [0.717, 1.165) is 83.5 Å². The van der Waals surface area contributed by atoms with E-state index < -0.39 is 12.1 Å². The first-order valence-corrected chi connectivity index (χ1v) is 21.8. The standard InChI is InChI=1S/C47H80O6/c1-4-7-10-13-16-19-21-23-24-26-28-31-34-37-40-46(49)52-43-44(42-51-45(48)39-36-33-30-27-18-15-12-9-6-3)53-47(50)41-38-35-32-29-25-22-20-17-14-11-8-5-2/h9,12,17-18,20,24,26-27,33,36,44H,4-8,10-11,13-16,19,21-23,25,28-32,34-35,37-43H2,1-3H3/b12-9-,20-17-,26-24-,27-18-,36-33-. The lowest BCUT2D eigenvalue weighted by Crippen LogP contribution is -2.30. The molecular formula is C47H80O6. The topological polar surface area (TPSA) is 78.9 Å². The maximum atomic E-state index is 12.7. The summed E-state index contributed by atoms with van der Waals surface area (Å²) < 4.78 is 16.5. The maximum absolute atomic E-state index is 12.7. The first kappa shape index (κ1) is 50.1. The average molecular weight is 741 g/mol. The Morgan fingerprint density at radius 2 is 0.811 bits per heavy atom. The van der Waals surface area contributed by atoms with Crippen LogP contribution in [-0.4, -0.2) is 37.2 Å². The summed E-state index contributed by atoms with van der Waals surface area (Å²) in [6.07, 6.45) is 49.5. The molecule has 0 amide bonds. The van der Waals surface area contributed by atoms with Crippen molar-refractivity contribution in [1.82, 2.24) is 0 Å². The highest BCUT2D eigenvalue weighted by molar-refractivity contribution is 5.72. The highest BCUT2D eigenvalue weighted by atomic mass is 16.6. The van der Waals surface area contributed by atoms with Crippen LogP contribution < -0.4 is 0 Å². The van der Waals surface area contributed by atoms with Crippen LogP contribution in [0.25, 0.3) is 0 Å². The molecule has 0 aromatic rings. The van der Waals surface area contributed by atoms with Crippen molar-refractivity contribution in [2.45, 2.75) is 207 Å². The number of carbonyl (C=O) groups is 3. The van der Waals surface area contributed by atoms with E-state index in [9.17, 15) is 14.4 Å². The molecule has 0 radical (unpaired) electrons. The third kappa shape index (κ3) is 40.1. The molecule has 304 valence electrons. The molecule has 53 heavy (non-hydrogen) atoms. The van der Waals surface area contributed by atoms with Gasteiger partial charge in [0, 0.05) is 12.8 Å². The van der Waals surface area contributed by atoms with E-state index in [4.69, 9.17) is 14.2 Å². The second-order valence-electron chi connectivity index (χ2n) is 14.2. The molecule has 0 aliphatic rings. The Balaban J connectivity index is 4.47. The van der Waals surface area contributed by atoms with Gasteiger partial charge >= 0.3 is 17.9 Å². The van der Waals surface area contributed by atoms with Gasteiger partial charge in [-0.3, -0.25) is 14.4 Å². The number of carbonyl (C=O) groups excluding carboxylic acids is 3. The highest BCUT2D eigenvalue weighted by Gasteiger charge is 2.19. The summed E-state index contributed by atoms with van der Waals surface area (Å²) in [7, 11) is 0. The number of rotatable bonds is 38. The van der Waals surface area contributed by atoms with Gasteiger partial charge in [0.15, 0.2) is 6.10 Å². The zero-order chi connectivity index (χ0) is 38.7. The monoisotopic (exact) mass is 741 g/mol. The van der Waals surface area contributed by atoms with Crippen LogP contribution in [0, 0.1) is 0 Å². The Morgan fingerprint density at radius 3 is 1.36 bits per heavy atom. The average Bonchev–Trinajstić information content (AvgIpc) is 3.15. The van der Waals surface area contributed by atoms with E-state index in [2.05, 4.69) is 69.4 Å². The van der Waals surface area contributed by atoms with Crippen LogP contribution in [0.5, 0.6) is 0 Å². The van der Waals surface area contributed by atoms with Gasteiger partial charge in [-0.2, -0.15) is 0 Å². The lowest BCUT2D eigenvalue weighted by atomic mass is 10.1. The maximum Gasteiger partial charge on any atom is 0.309 e.